The zero-order valence-corrected chi connectivity index (χ0v) is 11.7. The van der Waals surface area contributed by atoms with Crippen LogP contribution in [-0.4, -0.2) is 16.3 Å². The largest absolute Gasteiger partial charge is 0.310 e. The molecule has 0 radical (unpaired) electrons. The van der Waals surface area contributed by atoms with Gasteiger partial charge in [-0.1, -0.05) is 6.07 Å². The summed E-state index contributed by atoms with van der Waals surface area (Å²) < 4.78 is 14.8. The molecule has 1 aromatic heterocycles. The molecular formula is C15H20FN3. The molecule has 1 aromatic carbocycles. The van der Waals surface area contributed by atoms with E-state index in [1.807, 2.05) is 32.4 Å². The van der Waals surface area contributed by atoms with E-state index in [2.05, 4.69) is 17.3 Å². The van der Waals surface area contributed by atoms with Crippen LogP contribution in [-0.2, 0) is 13.5 Å². The van der Waals surface area contributed by atoms with Crippen LogP contribution in [0, 0.1) is 12.7 Å². The van der Waals surface area contributed by atoms with Crippen molar-refractivity contribution >= 4 is 0 Å². The van der Waals surface area contributed by atoms with Crippen LogP contribution in [0.3, 0.4) is 0 Å². The van der Waals surface area contributed by atoms with Crippen LogP contribution in [0.25, 0.3) is 0 Å². The molecule has 0 aliphatic carbocycles. The van der Waals surface area contributed by atoms with Gasteiger partial charge >= 0.3 is 0 Å². The molecule has 1 heterocycles. The van der Waals surface area contributed by atoms with Crippen molar-refractivity contribution in [3.63, 3.8) is 0 Å². The molecule has 0 amide bonds. The Kier molecular flexibility index (Phi) is 4.32. The van der Waals surface area contributed by atoms with Crippen molar-refractivity contribution in [2.45, 2.75) is 26.3 Å². The highest BCUT2D eigenvalue weighted by Gasteiger charge is 2.07. The molecule has 2 aromatic rings. The summed E-state index contributed by atoms with van der Waals surface area (Å²) in [6.07, 6.45) is 4.79. The molecule has 0 aliphatic rings. The number of hydrogen-bond donors (Lipinski definition) is 1. The highest BCUT2D eigenvalue weighted by molar-refractivity contribution is 5.26. The van der Waals surface area contributed by atoms with Gasteiger partial charge in [0.2, 0.25) is 0 Å². The fourth-order valence-electron chi connectivity index (χ4n) is 2.14. The summed E-state index contributed by atoms with van der Waals surface area (Å²) >= 11 is 0. The minimum atomic E-state index is -0.169. The molecule has 102 valence electrons. The Morgan fingerprint density at radius 3 is 2.84 bits per heavy atom. The first-order valence-electron chi connectivity index (χ1n) is 6.53. The summed E-state index contributed by atoms with van der Waals surface area (Å²) in [6, 6.07) is 5.24. The maximum absolute atomic E-state index is 13.0. The van der Waals surface area contributed by atoms with E-state index in [1.54, 1.807) is 10.7 Å². The zero-order valence-electron chi connectivity index (χ0n) is 11.7. The van der Waals surface area contributed by atoms with E-state index in [4.69, 9.17) is 0 Å². The molecule has 1 atom stereocenters. The first kappa shape index (κ1) is 13.7. The zero-order chi connectivity index (χ0) is 13.8. The van der Waals surface area contributed by atoms with Gasteiger partial charge < -0.3 is 5.32 Å². The van der Waals surface area contributed by atoms with E-state index in [0.717, 1.165) is 18.5 Å². The Hall–Kier alpha value is -1.68. The normalized spacial score (nSPS) is 12.6. The molecule has 4 heteroatoms. The van der Waals surface area contributed by atoms with Gasteiger partial charge in [-0.15, -0.1) is 0 Å². The molecular weight excluding hydrogens is 241 g/mol. The minimum Gasteiger partial charge on any atom is -0.310 e. The summed E-state index contributed by atoms with van der Waals surface area (Å²) in [4.78, 5) is 0. The third-order valence-corrected chi connectivity index (χ3v) is 3.37. The first-order chi connectivity index (χ1) is 9.06. The standard InChI is InChI=1S/C15H20FN3/c1-11-8-15(16)5-4-13(11)6-7-17-12(2)14-9-18-19(3)10-14/h4-5,8-10,12,17H,6-7H2,1-3H3. The second kappa shape index (κ2) is 5.97. The molecule has 0 spiro atoms. The summed E-state index contributed by atoms with van der Waals surface area (Å²) in [5.74, 6) is -0.169. The fourth-order valence-corrected chi connectivity index (χ4v) is 2.14. The average molecular weight is 261 g/mol. The van der Waals surface area contributed by atoms with Gasteiger partial charge in [0.05, 0.1) is 6.20 Å². The van der Waals surface area contributed by atoms with Crippen LogP contribution in [0.15, 0.2) is 30.6 Å². The highest BCUT2D eigenvalue weighted by atomic mass is 19.1. The molecule has 0 aliphatic heterocycles. The summed E-state index contributed by atoms with van der Waals surface area (Å²) in [7, 11) is 1.91. The number of aryl methyl sites for hydroxylation is 2. The Bertz CT molecular complexity index is 548. The van der Waals surface area contributed by atoms with Crippen molar-refractivity contribution in [1.29, 1.82) is 0 Å². The van der Waals surface area contributed by atoms with Crippen molar-refractivity contribution < 1.29 is 4.39 Å². The molecule has 3 nitrogen and oxygen atoms in total. The van der Waals surface area contributed by atoms with Crippen molar-refractivity contribution in [3.05, 3.63) is 53.1 Å². The fraction of sp³-hybridized carbons (Fsp3) is 0.400. The number of aromatic nitrogens is 2. The highest BCUT2D eigenvalue weighted by Crippen LogP contribution is 2.12. The maximum atomic E-state index is 13.0. The van der Waals surface area contributed by atoms with E-state index < -0.39 is 0 Å². The van der Waals surface area contributed by atoms with Crippen molar-refractivity contribution in [1.82, 2.24) is 15.1 Å². The lowest BCUT2D eigenvalue weighted by Crippen LogP contribution is -2.21. The van der Waals surface area contributed by atoms with E-state index in [0.29, 0.717) is 0 Å². The predicted octanol–water partition coefficient (Wildman–Crippen LogP) is 2.76. The second-order valence-electron chi connectivity index (χ2n) is 4.94. The Morgan fingerprint density at radius 1 is 1.42 bits per heavy atom. The van der Waals surface area contributed by atoms with Crippen LogP contribution in [0.1, 0.15) is 29.7 Å². The third kappa shape index (κ3) is 3.64. The van der Waals surface area contributed by atoms with Crippen LogP contribution in [0.5, 0.6) is 0 Å². The molecule has 2 rings (SSSR count). The number of nitrogens with one attached hydrogen (secondary N) is 1. The van der Waals surface area contributed by atoms with E-state index >= 15 is 0 Å². The lowest BCUT2D eigenvalue weighted by atomic mass is 10.1. The third-order valence-electron chi connectivity index (χ3n) is 3.37. The quantitative estimate of drug-likeness (QED) is 0.897. The van der Waals surface area contributed by atoms with Gasteiger partial charge in [0.15, 0.2) is 0 Å². The Morgan fingerprint density at radius 2 is 2.21 bits per heavy atom. The molecule has 1 N–H and O–H groups in total. The monoisotopic (exact) mass is 261 g/mol. The number of benzene rings is 1. The Labute approximate surface area is 113 Å². The smallest absolute Gasteiger partial charge is 0.123 e. The molecule has 0 saturated heterocycles. The minimum absolute atomic E-state index is 0.169. The van der Waals surface area contributed by atoms with Gasteiger partial charge in [0, 0.05) is 24.8 Å². The summed E-state index contributed by atoms with van der Waals surface area (Å²) in [5, 5.41) is 7.62. The van der Waals surface area contributed by atoms with E-state index in [9.17, 15) is 4.39 Å². The van der Waals surface area contributed by atoms with Gasteiger partial charge in [-0.05, 0) is 50.1 Å². The number of nitrogens with zero attached hydrogens (tertiary/aromatic N) is 2. The lowest BCUT2D eigenvalue weighted by molar-refractivity contribution is 0.574. The molecule has 0 bridgehead atoms. The number of hydrogen-bond acceptors (Lipinski definition) is 2. The van der Waals surface area contributed by atoms with Gasteiger partial charge in [0.1, 0.15) is 5.82 Å². The molecule has 0 fully saturated rings. The summed E-state index contributed by atoms with van der Waals surface area (Å²) in [5.41, 5.74) is 3.38. The van der Waals surface area contributed by atoms with Gasteiger partial charge in [0.25, 0.3) is 0 Å². The van der Waals surface area contributed by atoms with Crippen LogP contribution in [0.2, 0.25) is 0 Å². The van der Waals surface area contributed by atoms with Crippen molar-refractivity contribution in [2.75, 3.05) is 6.54 Å². The summed E-state index contributed by atoms with van der Waals surface area (Å²) in [6.45, 7) is 4.93. The van der Waals surface area contributed by atoms with E-state index in [-0.39, 0.29) is 11.9 Å². The molecule has 0 saturated carbocycles. The number of halogens is 1. The predicted molar refractivity (Wildman–Crippen MR) is 74.5 cm³/mol. The van der Waals surface area contributed by atoms with Crippen LogP contribution < -0.4 is 5.32 Å². The van der Waals surface area contributed by atoms with Gasteiger partial charge in [-0.2, -0.15) is 5.10 Å². The second-order valence-corrected chi connectivity index (χ2v) is 4.94. The first-order valence-corrected chi connectivity index (χ1v) is 6.53. The van der Waals surface area contributed by atoms with Crippen LogP contribution in [0.4, 0.5) is 4.39 Å². The Balaban J connectivity index is 1.86. The average Bonchev–Trinajstić information content (AvgIpc) is 2.78. The topological polar surface area (TPSA) is 29.9 Å². The SMILES string of the molecule is Cc1cc(F)ccc1CCNC(C)c1cnn(C)c1. The lowest BCUT2D eigenvalue weighted by Gasteiger charge is -2.12. The molecule has 19 heavy (non-hydrogen) atoms. The van der Waals surface area contributed by atoms with Gasteiger partial charge in [-0.25, -0.2) is 4.39 Å². The van der Waals surface area contributed by atoms with Crippen molar-refractivity contribution in [2.24, 2.45) is 7.05 Å². The van der Waals surface area contributed by atoms with E-state index in [1.165, 1.54) is 17.2 Å². The maximum Gasteiger partial charge on any atom is 0.123 e. The molecule has 1 unspecified atom stereocenters. The van der Waals surface area contributed by atoms with Crippen LogP contribution >= 0.6 is 0 Å². The van der Waals surface area contributed by atoms with Gasteiger partial charge in [-0.3, -0.25) is 4.68 Å². The number of rotatable bonds is 5. The van der Waals surface area contributed by atoms with Crippen molar-refractivity contribution in [3.8, 4) is 0 Å².